The first-order chi connectivity index (χ1) is 11.1. The van der Waals surface area contributed by atoms with E-state index in [0.717, 1.165) is 0 Å². The molecule has 1 saturated heterocycles. The molecule has 1 aliphatic heterocycles. The van der Waals surface area contributed by atoms with Crippen LogP contribution in [0.15, 0.2) is 29.1 Å². The van der Waals surface area contributed by atoms with Crippen LogP contribution in [-0.4, -0.2) is 51.1 Å². The van der Waals surface area contributed by atoms with Gasteiger partial charge in [0, 0.05) is 13.0 Å². The van der Waals surface area contributed by atoms with E-state index in [1.165, 1.54) is 4.68 Å². The van der Waals surface area contributed by atoms with E-state index in [9.17, 15) is 9.59 Å². The Morgan fingerprint density at radius 3 is 2.96 bits per heavy atom. The summed E-state index contributed by atoms with van der Waals surface area (Å²) in [5, 5.41) is 8.46. The summed E-state index contributed by atoms with van der Waals surface area (Å²) < 4.78 is 6.79. The van der Waals surface area contributed by atoms with Gasteiger partial charge in [-0.3, -0.25) is 9.59 Å². The third-order valence-electron chi connectivity index (χ3n) is 4.09. The Kier molecular flexibility index (Phi) is 4.38. The number of aromatic nitrogens is 3. The fourth-order valence-corrected chi connectivity index (χ4v) is 2.77. The molecule has 2 heterocycles. The third-order valence-corrected chi connectivity index (χ3v) is 4.09. The molecule has 0 spiro atoms. The van der Waals surface area contributed by atoms with Crippen molar-refractivity contribution in [1.82, 2.24) is 19.9 Å². The van der Waals surface area contributed by atoms with Gasteiger partial charge in [0.25, 0.3) is 5.56 Å². The van der Waals surface area contributed by atoms with Crippen LogP contribution in [0.5, 0.6) is 0 Å². The summed E-state index contributed by atoms with van der Waals surface area (Å²) in [6, 6.07) is 7.12. The Hall–Kier alpha value is -2.28. The van der Waals surface area contributed by atoms with Gasteiger partial charge in [-0.25, -0.2) is 4.68 Å². The molecule has 1 aliphatic rings. The summed E-state index contributed by atoms with van der Waals surface area (Å²) in [5.41, 5.74) is 0.350. The Bertz CT molecular complexity index is 773. The molecular weight excluding hydrogens is 296 g/mol. The van der Waals surface area contributed by atoms with Gasteiger partial charge < -0.3 is 9.64 Å². The first kappa shape index (κ1) is 15.6. The van der Waals surface area contributed by atoms with E-state index >= 15 is 0 Å². The van der Waals surface area contributed by atoms with Crippen LogP contribution in [0.1, 0.15) is 20.3 Å². The second-order valence-electron chi connectivity index (χ2n) is 5.92. The molecule has 23 heavy (non-hydrogen) atoms. The molecular formula is C16H20N4O3. The van der Waals surface area contributed by atoms with Crippen molar-refractivity contribution in [2.45, 2.75) is 39.0 Å². The summed E-state index contributed by atoms with van der Waals surface area (Å²) in [7, 11) is 0. The topological polar surface area (TPSA) is 77.3 Å². The van der Waals surface area contributed by atoms with Crippen LogP contribution in [0.3, 0.4) is 0 Å². The van der Waals surface area contributed by atoms with E-state index < -0.39 is 0 Å². The molecule has 2 atom stereocenters. The lowest BCUT2D eigenvalue weighted by Crippen LogP contribution is -2.50. The Balaban J connectivity index is 1.72. The molecule has 0 aliphatic carbocycles. The van der Waals surface area contributed by atoms with Gasteiger partial charge in [0.1, 0.15) is 5.52 Å². The lowest BCUT2D eigenvalue weighted by molar-refractivity contribution is -0.143. The summed E-state index contributed by atoms with van der Waals surface area (Å²) in [6.07, 6.45) is 0.266. The number of fused-ring (bicyclic) bond motifs is 1. The second kappa shape index (κ2) is 6.45. The number of amides is 1. The molecule has 3 rings (SSSR count). The highest BCUT2D eigenvalue weighted by atomic mass is 16.5. The number of carbonyl (C=O) groups excluding carboxylic acids is 1. The Morgan fingerprint density at radius 1 is 1.35 bits per heavy atom. The van der Waals surface area contributed by atoms with Crippen LogP contribution in [0.2, 0.25) is 0 Å². The van der Waals surface area contributed by atoms with Crippen LogP contribution in [-0.2, 0) is 16.1 Å². The van der Waals surface area contributed by atoms with Crippen LogP contribution in [0.25, 0.3) is 10.9 Å². The van der Waals surface area contributed by atoms with Crippen molar-refractivity contribution in [3.63, 3.8) is 0 Å². The molecule has 1 amide bonds. The molecule has 0 N–H and O–H groups in total. The number of carbonyl (C=O) groups is 1. The number of benzene rings is 1. The van der Waals surface area contributed by atoms with Crippen molar-refractivity contribution in [3.05, 3.63) is 34.6 Å². The van der Waals surface area contributed by atoms with Gasteiger partial charge in [0.15, 0.2) is 0 Å². The van der Waals surface area contributed by atoms with Crippen LogP contribution in [0.4, 0.5) is 0 Å². The minimum absolute atomic E-state index is 0.00880. The number of nitrogens with zero attached hydrogens (tertiary/aromatic N) is 4. The zero-order valence-electron chi connectivity index (χ0n) is 13.3. The van der Waals surface area contributed by atoms with Crippen LogP contribution in [0, 0.1) is 0 Å². The summed E-state index contributed by atoms with van der Waals surface area (Å²) >= 11 is 0. The first-order valence-corrected chi connectivity index (χ1v) is 7.80. The molecule has 1 aromatic heterocycles. The first-order valence-electron chi connectivity index (χ1n) is 7.80. The van der Waals surface area contributed by atoms with Crippen molar-refractivity contribution < 1.29 is 9.53 Å². The van der Waals surface area contributed by atoms with Gasteiger partial charge in [0.05, 0.1) is 30.7 Å². The molecule has 1 fully saturated rings. The van der Waals surface area contributed by atoms with Gasteiger partial charge in [0.2, 0.25) is 5.91 Å². The van der Waals surface area contributed by atoms with Crippen molar-refractivity contribution in [1.29, 1.82) is 0 Å². The van der Waals surface area contributed by atoms with Crippen molar-refractivity contribution in [3.8, 4) is 0 Å². The van der Waals surface area contributed by atoms with Gasteiger partial charge >= 0.3 is 0 Å². The van der Waals surface area contributed by atoms with Gasteiger partial charge in [-0.1, -0.05) is 17.3 Å². The normalized spacial score (nSPS) is 21.6. The quantitative estimate of drug-likeness (QED) is 0.838. The van der Waals surface area contributed by atoms with Crippen molar-refractivity contribution in [2.75, 3.05) is 13.2 Å². The number of rotatable bonds is 3. The highest BCUT2D eigenvalue weighted by Crippen LogP contribution is 2.13. The average Bonchev–Trinajstić information content (AvgIpc) is 2.56. The smallest absolute Gasteiger partial charge is 0.277 e. The molecule has 0 unspecified atom stereocenters. The minimum atomic E-state index is -0.216. The largest absolute Gasteiger partial charge is 0.375 e. The number of hydrogen-bond donors (Lipinski definition) is 0. The predicted octanol–water partition coefficient (Wildman–Crippen LogP) is 0.817. The van der Waals surface area contributed by atoms with Gasteiger partial charge in [-0.05, 0) is 26.0 Å². The van der Waals surface area contributed by atoms with Crippen LogP contribution >= 0.6 is 0 Å². The third kappa shape index (κ3) is 3.24. The zero-order valence-corrected chi connectivity index (χ0v) is 13.3. The molecule has 1 aromatic carbocycles. The fourth-order valence-electron chi connectivity index (χ4n) is 2.77. The number of ether oxygens (including phenoxy) is 1. The lowest BCUT2D eigenvalue weighted by atomic mass is 10.2. The summed E-state index contributed by atoms with van der Waals surface area (Å²) in [4.78, 5) is 26.6. The van der Waals surface area contributed by atoms with E-state index in [1.807, 2.05) is 24.8 Å². The Labute approximate surface area is 133 Å². The van der Waals surface area contributed by atoms with E-state index in [2.05, 4.69) is 10.3 Å². The maximum atomic E-state index is 12.4. The molecule has 122 valence electrons. The molecule has 0 saturated carbocycles. The van der Waals surface area contributed by atoms with E-state index in [4.69, 9.17) is 4.74 Å². The molecule has 2 aromatic rings. The highest BCUT2D eigenvalue weighted by molar-refractivity contribution is 5.77. The summed E-state index contributed by atoms with van der Waals surface area (Å²) in [5.74, 6) is 0.00880. The lowest BCUT2D eigenvalue weighted by Gasteiger charge is -2.36. The Morgan fingerprint density at radius 2 is 2.13 bits per heavy atom. The molecule has 7 heteroatoms. The minimum Gasteiger partial charge on any atom is -0.375 e. The fraction of sp³-hybridized carbons (Fsp3) is 0.500. The molecule has 7 nitrogen and oxygen atoms in total. The monoisotopic (exact) mass is 316 g/mol. The maximum Gasteiger partial charge on any atom is 0.277 e. The standard InChI is InChI=1S/C16H20N4O3/c1-11-10-23-12(2)9-19(11)15(21)7-8-20-16(22)13-5-3-4-6-14(13)17-18-20/h3-6,11-12H,7-10H2,1-2H3/t11-,12+/m1/s1. The van der Waals surface area contributed by atoms with E-state index in [-0.39, 0.29) is 36.6 Å². The average molecular weight is 316 g/mol. The van der Waals surface area contributed by atoms with Gasteiger partial charge in [-0.15, -0.1) is 5.10 Å². The second-order valence-corrected chi connectivity index (χ2v) is 5.92. The predicted molar refractivity (Wildman–Crippen MR) is 85.0 cm³/mol. The molecule has 0 bridgehead atoms. The van der Waals surface area contributed by atoms with E-state index in [0.29, 0.717) is 24.1 Å². The highest BCUT2D eigenvalue weighted by Gasteiger charge is 2.27. The molecule has 0 radical (unpaired) electrons. The number of morpholine rings is 1. The van der Waals surface area contributed by atoms with Crippen molar-refractivity contribution >= 4 is 16.8 Å². The zero-order chi connectivity index (χ0) is 16.4. The van der Waals surface area contributed by atoms with Gasteiger partial charge in [-0.2, -0.15) is 0 Å². The maximum absolute atomic E-state index is 12.4. The van der Waals surface area contributed by atoms with Crippen molar-refractivity contribution in [2.24, 2.45) is 0 Å². The van der Waals surface area contributed by atoms with Crippen LogP contribution < -0.4 is 5.56 Å². The number of aryl methyl sites for hydroxylation is 1. The van der Waals surface area contributed by atoms with E-state index in [1.54, 1.807) is 18.2 Å². The SMILES string of the molecule is C[C@@H]1CO[C@@H](C)CN1C(=O)CCn1nnc2ccccc2c1=O. The summed E-state index contributed by atoms with van der Waals surface area (Å²) in [6.45, 7) is 5.27. The number of hydrogen-bond acceptors (Lipinski definition) is 5.